The molecule has 2 aromatic rings. The second-order valence-electron chi connectivity index (χ2n) is 7.01. The van der Waals surface area contributed by atoms with Gasteiger partial charge in [0.2, 0.25) is 5.91 Å². The zero-order chi connectivity index (χ0) is 20.1. The van der Waals surface area contributed by atoms with Gasteiger partial charge in [0.15, 0.2) is 0 Å². The fourth-order valence-corrected chi connectivity index (χ4v) is 3.41. The summed E-state index contributed by atoms with van der Waals surface area (Å²) in [6.45, 7) is 6.87. The lowest BCUT2D eigenvalue weighted by Gasteiger charge is -2.35. The summed E-state index contributed by atoms with van der Waals surface area (Å²) < 4.78 is 13.7. The molecule has 28 heavy (non-hydrogen) atoms. The highest BCUT2D eigenvalue weighted by Crippen LogP contribution is 2.15. The molecule has 2 amide bonds. The molecule has 1 fully saturated rings. The predicted molar refractivity (Wildman–Crippen MR) is 108 cm³/mol. The molecule has 1 saturated heterocycles. The summed E-state index contributed by atoms with van der Waals surface area (Å²) in [5.41, 5.74) is 1.79. The maximum Gasteiger partial charge on any atom is 0.254 e. The SMILES string of the molecule is CCN(C(=O)CN1CCN(C(=O)c2ccc(C)c(F)c2)CC1)c1ccccc1. The summed E-state index contributed by atoms with van der Waals surface area (Å²) in [7, 11) is 0. The summed E-state index contributed by atoms with van der Waals surface area (Å²) in [5, 5.41) is 0. The summed E-state index contributed by atoms with van der Waals surface area (Å²) in [6.07, 6.45) is 0. The van der Waals surface area contributed by atoms with Crippen molar-refractivity contribution >= 4 is 17.5 Å². The summed E-state index contributed by atoms with van der Waals surface area (Å²) in [5.74, 6) is -0.478. The first-order valence-corrected chi connectivity index (χ1v) is 9.62. The maximum absolute atomic E-state index is 13.7. The molecular formula is C22H26FN3O2. The van der Waals surface area contributed by atoms with Crippen LogP contribution in [-0.4, -0.2) is 60.9 Å². The van der Waals surface area contributed by atoms with Crippen LogP contribution < -0.4 is 4.90 Å². The molecule has 0 saturated carbocycles. The van der Waals surface area contributed by atoms with Crippen molar-refractivity contribution < 1.29 is 14.0 Å². The molecule has 3 rings (SSSR count). The number of piperazine rings is 1. The van der Waals surface area contributed by atoms with Gasteiger partial charge in [0.1, 0.15) is 5.82 Å². The smallest absolute Gasteiger partial charge is 0.254 e. The van der Waals surface area contributed by atoms with E-state index in [-0.39, 0.29) is 17.6 Å². The molecule has 0 aliphatic carbocycles. The second-order valence-corrected chi connectivity index (χ2v) is 7.01. The summed E-state index contributed by atoms with van der Waals surface area (Å²) >= 11 is 0. The van der Waals surface area contributed by atoms with Crippen molar-refractivity contribution in [1.29, 1.82) is 0 Å². The fraction of sp³-hybridized carbons (Fsp3) is 0.364. The van der Waals surface area contributed by atoms with E-state index in [9.17, 15) is 14.0 Å². The number of anilines is 1. The quantitative estimate of drug-likeness (QED) is 0.797. The van der Waals surface area contributed by atoms with Gasteiger partial charge in [-0.3, -0.25) is 14.5 Å². The minimum Gasteiger partial charge on any atom is -0.336 e. The van der Waals surface area contributed by atoms with Gasteiger partial charge >= 0.3 is 0 Å². The van der Waals surface area contributed by atoms with Crippen LogP contribution in [0.4, 0.5) is 10.1 Å². The Balaban J connectivity index is 1.55. The normalized spacial score (nSPS) is 14.8. The Kier molecular flexibility index (Phi) is 6.41. The van der Waals surface area contributed by atoms with Crippen LogP contribution in [0.15, 0.2) is 48.5 Å². The first kappa shape index (κ1) is 20.0. The van der Waals surface area contributed by atoms with E-state index in [4.69, 9.17) is 0 Å². The standard InChI is InChI=1S/C22H26FN3O2/c1-3-26(19-7-5-4-6-8-19)21(27)16-24-11-13-25(14-12-24)22(28)18-10-9-17(2)20(23)15-18/h4-10,15H,3,11-14,16H2,1-2H3. The molecule has 1 heterocycles. The lowest BCUT2D eigenvalue weighted by Crippen LogP contribution is -2.51. The minimum absolute atomic E-state index is 0.0501. The Morgan fingerprint density at radius 2 is 1.71 bits per heavy atom. The number of hydrogen-bond donors (Lipinski definition) is 0. The van der Waals surface area contributed by atoms with Crippen molar-refractivity contribution in [2.24, 2.45) is 0 Å². The van der Waals surface area contributed by atoms with E-state index in [1.807, 2.05) is 37.3 Å². The topological polar surface area (TPSA) is 43.9 Å². The van der Waals surface area contributed by atoms with Gasteiger partial charge in [0.25, 0.3) is 5.91 Å². The number of carbonyl (C=O) groups excluding carboxylic acids is 2. The van der Waals surface area contributed by atoms with Crippen molar-refractivity contribution in [3.63, 3.8) is 0 Å². The van der Waals surface area contributed by atoms with Gasteiger partial charge in [-0.2, -0.15) is 0 Å². The number of amides is 2. The highest BCUT2D eigenvalue weighted by Gasteiger charge is 2.25. The number of para-hydroxylation sites is 1. The third-order valence-corrected chi connectivity index (χ3v) is 5.12. The van der Waals surface area contributed by atoms with Crippen molar-refractivity contribution in [3.8, 4) is 0 Å². The molecule has 0 N–H and O–H groups in total. The summed E-state index contributed by atoms with van der Waals surface area (Å²) in [6, 6.07) is 14.2. The molecule has 0 unspecified atom stereocenters. The van der Waals surface area contributed by atoms with Gasteiger partial charge in [0.05, 0.1) is 6.54 Å². The van der Waals surface area contributed by atoms with Gasteiger partial charge < -0.3 is 9.80 Å². The van der Waals surface area contributed by atoms with Crippen LogP contribution in [0.3, 0.4) is 0 Å². The molecule has 1 aliphatic rings. The third-order valence-electron chi connectivity index (χ3n) is 5.12. The molecule has 0 spiro atoms. The average Bonchev–Trinajstić information content (AvgIpc) is 2.71. The van der Waals surface area contributed by atoms with E-state index >= 15 is 0 Å². The van der Waals surface area contributed by atoms with E-state index < -0.39 is 0 Å². The van der Waals surface area contributed by atoms with E-state index in [1.165, 1.54) is 6.07 Å². The molecular weight excluding hydrogens is 357 g/mol. The fourth-order valence-electron chi connectivity index (χ4n) is 3.41. The van der Waals surface area contributed by atoms with Gasteiger partial charge in [-0.15, -0.1) is 0 Å². The maximum atomic E-state index is 13.7. The Morgan fingerprint density at radius 1 is 1.04 bits per heavy atom. The van der Waals surface area contributed by atoms with E-state index in [0.717, 1.165) is 5.69 Å². The molecule has 0 radical (unpaired) electrons. The van der Waals surface area contributed by atoms with Gasteiger partial charge in [0, 0.05) is 44.0 Å². The zero-order valence-corrected chi connectivity index (χ0v) is 16.4. The lowest BCUT2D eigenvalue weighted by molar-refractivity contribution is -0.120. The molecule has 0 atom stereocenters. The average molecular weight is 383 g/mol. The Labute approximate surface area is 165 Å². The second kappa shape index (κ2) is 8.97. The molecule has 0 aromatic heterocycles. The molecule has 5 nitrogen and oxygen atoms in total. The number of benzene rings is 2. The zero-order valence-electron chi connectivity index (χ0n) is 16.4. The highest BCUT2D eigenvalue weighted by molar-refractivity contribution is 5.95. The molecule has 2 aromatic carbocycles. The number of likely N-dealkylation sites (N-methyl/N-ethyl adjacent to an activating group) is 1. The number of carbonyl (C=O) groups is 2. The van der Waals surface area contributed by atoms with Crippen LogP contribution in [0, 0.1) is 12.7 Å². The van der Waals surface area contributed by atoms with Crippen LogP contribution in [0.2, 0.25) is 0 Å². The van der Waals surface area contributed by atoms with Gasteiger partial charge in [-0.1, -0.05) is 24.3 Å². The van der Waals surface area contributed by atoms with Crippen LogP contribution >= 0.6 is 0 Å². The first-order chi connectivity index (χ1) is 13.5. The van der Waals surface area contributed by atoms with Crippen LogP contribution in [-0.2, 0) is 4.79 Å². The largest absolute Gasteiger partial charge is 0.336 e. The van der Waals surface area contributed by atoms with Crippen LogP contribution in [0.1, 0.15) is 22.8 Å². The van der Waals surface area contributed by atoms with Crippen molar-refractivity contribution in [2.45, 2.75) is 13.8 Å². The number of halogens is 1. The highest BCUT2D eigenvalue weighted by atomic mass is 19.1. The number of hydrogen-bond acceptors (Lipinski definition) is 3. The Morgan fingerprint density at radius 3 is 2.32 bits per heavy atom. The van der Waals surface area contributed by atoms with E-state index in [0.29, 0.717) is 50.4 Å². The predicted octanol–water partition coefficient (Wildman–Crippen LogP) is 2.95. The minimum atomic E-state index is -0.365. The van der Waals surface area contributed by atoms with Crippen molar-refractivity contribution in [1.82, 2.24) is 9.80 Å². The van der Waals surface area contributed by atoms with Crippen molar-refractivity contribution in [2.75, 3.05) is 44.2 Å². The van der Waals surface area contributed by atoms with Crippen molar-refractivity contribution in [3.05, 3.63) is 65.5 Å². The number of aryl methyl sites for hydroxylation is 1. The van der Waals surface area contributed by atoms with E-state index in [1.54, 1.807) is 28.9 Å². The molecule has 0 bridgehead atoms. The van der Waals surface area contributed by atoms with Crippen LogP contribution in [0.25, 0.3) is 0 Å². The number of nitrogens with zero attached hydrogens (tertiary/aromatic N) is 3. The Hall–Kier alpha value is -2.73. The first-order valence-electron chi connectivity index (χ1n) is 9.62. The Bertz CT molecular complexity index is 833. The van der Waals surface area contributed by atoms with Gasteiger partial charge in [-0.25, -0.2) is 4.39 Å². The van der Waals surface area contributed by atoms with Crippen LogP contribution in [0.5, 0.6) is 0 Å². The van der Waals surface area contributed by atoms with E-state index in [2.05, 4.69) is 4.90 Å². The monoisotopic (exact) mass is 383 g/mol. The van der Waals surface area contributed by atoms with Gasteiger partial charge in [-0.05, 0) is 43.7 Å². The molecule has 148 valence electrons. The number of rotatable bonds is 5. The molecule has 6 heteroatoms. The summed E-state index contributed by atoms with van der Waals surface area (Å²) in [4.78, 5) is 30.9. The third kappa shape index (κ3) is 4.57. The molecule has 1 aliphatic heterocycles. The lowest BCUT2D eigenvalue weighted by atomic mass is 10.1.